The molecule has 0 saturated carbocycles. The van der Waals surface area contributed by atoms with Gasteiger partial charge >= 0.3 is 17.9 Å². The van der Waals surface area contributed by atoms with Crippen molar-refractivity contribution in [2.75, 3.05) is 13.2 Å². The molecule has 0 saturated heterocycles. The van der Waals surface area contributed by atoms with Crippen molar-refractivity contribution in [3.63, 3.8) is 0 Å². The molecule has 0 heterocycles. The Bertz CT molecular complexity index is 1170. The summed E-state index contributed by atoms with van der Waals surface area (Å²) in [7, 11) is 0. The average molecular weight is 940 g/mol. The van der Waals surface area contributed by atoms with Crippen LogP contribution in [0.3, 0.4) is 0 Å². The molecule has 0 spiro atoms. The van der Waals surface area contributed by atoms with Crippen LogP contribution in [0.5, 0.6) is 0 Å². The van der Waals surface area contributed by atoms with E-state index in [1.54, 1.807) is 0 Å². The third kappa shape index (κ3) is 54.2. The van der Waals surface area contributed by atoms with Gasteiger partial charge in [-0.25, -0.2) is 0 Å². The van der Waals surface area contributed by atoms with Crippen LogP contribution in [0.4, 0.5) is 0 Å². The summed E-state index contributed by atoms with van der Waals surface area (Å²) < 4.78 is 16.8. The van der Waals surface area contributed by atoms with Crippen molar-refractivity contribution in [2.24, 2.45) is 0 Å². The number of unbranched alkanes of at least 4 members (excludes halogenated alkanes) is 34. The van der Waals surface area contributed by atoms with E-state index in [1.807, 2.05) is 0 Å². The summed E-state index contributed by atoms with van der Waals surface area (Å²) in [6, 6.07) is 0. The van der Waals surface area contributed by atoms with Gasteiger partial charge in [0.2, 0.25) is 0 Å². The van der Waals surface area contributed by atoms with Crippen molar-refractivity contribution in [3.8, 4) is 0 Å². The fourth-order valence-corrected chi connectivity index (χ4v) is 8.40. The van der Waals surface area contributed by atoms with Crippen LogP contribution in [-0.4, -0.2) is 37.2 Å². The Balaban J connectivity index is 4.38. The normalized spacial score (nSPS) is 12.3. The summed E-state index contributed by atoms with van der Waals surface area (Å²) in [6.07, 6.45) is 68.2. The fraction of sp³-hybridized carbons (Fsp3) is 0.820. The van der Waals surface area contributed by atoms with E-state index < -0.39 is 6.10 Å². The van der Waals surface area contributed by atoms with Crippen LogP contribution in [-0.2, 0) is 28.6 Å². The quantitative estimate of drug-likeness (QED) is 0.0262. The van der Waals surface area contributed by atoms with Crippen molar-refractivity contribution in [1.29, 1.82) is 0 Å². The van der Waals surface area contributed by atoms with Crippen molar-refractivity contribution in [1.82, 2.24) is 0 Å². The first-order chi connectivity index (χ1) is 33.0. The van der Waals surface area contributed by atoms with E-state index in [0.29, 0.717) is 19.3 Å². The first-order valence-electron chi connectivity index (χ1n) is 29.1. The van der Waals surface area contributed by atoms with E-state index >= 15 is 0 Å². The van der Waals surface area contributed by atoms with Crippen LogP contribution in [0.2, 0.25) is 0 Å². The van der Waals surface area contributed by atoms with Crippen molar-refractivity contribution < 1.29 is 28.6 Å². The molecular weight excluding hydrogens is 829 g/mol. The topological polar surface area (TPSA) is 78.9 Å². The van der Waals surface area contributed by atoms with E-state index in [1.165, 1.54) is 186 Å². The molecule has 0 amide bonds. The number of carbonyl (C=O) groups is 3. The zero-order chi connectivity index (χ0) is 48.6. The van der Waals surface area contributed by atoms with Gasteiger partial charge in [0.1, 0.15) is 13.2 Å². The zero-order valence-corrected chi connectivity index (χ0v) is 44.7. The van der Waals surface area contributed by atoms with Crippen LogP contribution in [0.25, 0.3) is 0 Å². The first kappa shape index (κ1) is 64.4. The Morgan fingerprint density at radius 3 is 0.925 bits per heavy atom. The van der Waals surface area contributed by atoms with Gasteiger partial charge in [0.05, 0.1) is 0 Å². The summed E-state index contributed by atoms with van der Waals surface area (Å²) in [5.41, 5.74) is 0. The highest BCUT2D eigenvalue weighted by Crippen LogP contribution is 2.16. The number of ether oxygens (including phenoxy) is 3. The number of hydrogen-bond acceptors (Lipinski definition) is 6. The molecule has 0 aliphatic rings. The highest BCUT2D eigenvalue weighted by atomic mass is 16.6. The van der Waals surface area contributed by atoms with Crippen LogP contribution in [0.15, 0.2) is 48.6 Å². The molecule has 6 nitrogen and oxygen atoms in total. The average Bonchev–Trinajstić information content (AvgIpc) is 3.33. The van der Waals surface area contributed by atoms with E-state index in [-0.39, 0.29) is 37.5 Å². The Kier molecular flexibility index (Phi) is 53.8. The molecule has 67 heavy (non-hydrogen) atoms. The second-order valence-corrected chi connectivity index (χ2v) is 19.6. The van der Waals surface area contributed by atoms with E-state index in [4.69, 9.17) is 14.2 Å². The lowest BCUT2D eigenvalue weighted by Crippen LogP contribution is -2.30. The van der Waals surface area contributed by atoms with Crippen LogP contribution in [0.1, 0.15) is 303 Å². The molecule has 0 rings (SSSR count). The summed E-state index contributed by atoms with van der Waals surface area (Å²) in [5, 5.41) is 0. The maximum absolute atomic E-state index is 12.8. The molecule has 0 fully saturated rings. The SMILES string of the molecule is CCCCCC/C=C\CCCCCCCC(=O)O[C@H](COC(=O)CCC/C=C\C/C=C\C/C=C\CCCCCCCC)COC(=O)CCCCCCCCCCCCCCCCCCCCC. The van der Waals surface area contributed by atoms with Gasteiger partial charge < -0.3 is 14.2 Å². The third-order valence-electron chi connectivity index (χ3n) is 12.8. The van der Waals surface area contributed by atoms with Crippen molar-refractivity contribution in [3.05, 3.63) is 48.6 Å². The molecule has 0 aromatic carbocycles. The van der Waals surface area contributed by atoms with Crippen molar-refractivity contribution in [2.45, 2.75) is 309 Å². The minimum Gasteiger partial charge on any atom is -0.462 e. The van der Waals surface area contributed by atoms with E-state index in [9.17, 15) is 14.4 Å². The predicted octanol–water partition coefficient (Wildman–Crippen LogP) is 19.4. The minimum absolute atomic E-state index is 0.0890. The number of rotatable bonds is 53. The number of carbonyl (C=O) groups excluding carboxylic acids is 3. The van der Waals surface area contributed by atoms with Gasteiger partial charge in [-0.15, -0.1) is 0 Å². The largest absolute Gasteiger partial charge is 0.462 e. The lowest BCUT2D eigenvalue weighted by Gasteiger charge is -2.18. The second-order valence-electron chi connectivity index (χ2n) is 19.6. The Hall–Kier alpha value is -2.63. The lowest BCUT2D eigenvalue weighted by atomic mass is 10.0. The standard InChI is InChI=1S/C61H110O6/c1-4-7-10-13-16-19-22-25-27-29-30-32-34-37-39-42-45-48-51-54-60(63)66-57-58(67-61(64)55-52-49-46-43-40-35-24-21-18-15-12-9-6-3)56-65-59(62)53-50-47-44-41-38-36-33-31-28-26-23-20-17-14-11-8-5-2/h21,24,26,28,33,36,41,44,58H,4-20,22-23,25,27,29-32,34-35,37-40,42-43,45-57H2,1-3H3/b24-21-,28-26-,36-33-,44-41-/t58-/m1/s1. The lowest BCUT2D eigenvalue weighted by molar-refractivity contribution is -0.167. The summed E-state index contributed by atoms with van der Waals surface area (Å²) in [4.78, 5) is 38.1. The highest BCUT2D eigenvalue weighted by Gasteiger charge is 2.19. The van der Waals surface area contributed by atoms with Gasteiger partial charge in [-0.3, -0.25) is 14.4 Å². The van der Waals surface area contributed by atoms with Crippen LogP contribution >= 0.6 is 0 Å². The van der Waals surface area contributed by atoms with Gasteiger partial charge in [-0.1, -0.05) is 256 Å². The van der Waals surface area contributed by atoms with Gasteiger partial charge in [0, 0.05) is 19.3 Å². The van der Waals surface area contributed by atoms with E-state index in [0.717, 1.165) is 70.6 Å². The van der Waals surface area contributed by atoms with Gasteiger partial charge in [0.15, 0.2) is 6.10 Å². The van der Waals surface area contributed by atoms with Gasteiger partial charge in [-0.2, -0.15) is 0 Å². The van der Waals surface area contributed by atoms with Crippen molar-refractivity contribution >= 4 is 17.9 Å². The summed E-state index contributed by atoms with van der Waals surface area (Å²) in [6.45, 7) is 6.60. The molecule has 0 bridgehead atoms. The molecule has 390 valence electrons. The van der Waals surface area contributed by atoms with Gasteiger partial charge in [0.25, 0.3) is 0 Å². The van der Waals surface area contributed by atoms with Gasteiger partial charge in [-0.05, 0) is 77.0 Å². The maximum atomic E-state index is 12.8. The highest BCUT2D eigenvalue weighted by molar-refractivity contribution is 5.71. The fourth-order valence-electron chi connectivity index (χ4n) is 8.40. The maximum Gasteiger partial charge on any atom is 0.306 e. The Labute approximate surface area is 416 Å². The number of hydrogen-bond donors (Lipinski definition) is 0. The summed E-state index contributed by atoms with van der Waals surface area (Å²) >= 11 is 0. The Morgan fingerprint density at radius 1 is 0.299 bits per heavy atom. The first-order valence-corrected chi connectivity index (χ1v) is 29.1. The van der Waals surface area contributed by atoms with Crippen LogP contribution < -0.4 is 0 Å². The molecule has 0 radical (unpaired) electrons. The number of esters is 3. The van der Waals surface area contributed by atoms with Crippen LogP contribution in [0, 0.1) is 0 Å². The summed E-state index contributed by atoms with van der Waals surface area (Å²) in [5.74, 6) is -0.939. The molecular formula is C61H110O6. The third-order valence-corrected chi connectivity index (χ3v) is 12.8. The minimum atomic E-state index is -0.795. The molecule has 6 heteroatoms. The second kappa shape index (κ2) is 56.0. The molecule has 0 unspecified atom stereocenters. The number of allylic oxidation sites excluding steroid dienone is 8. The smallest absolute Gasteiger partial charge is 0.306 e. The molecule has 0 aromatic rings. The molecule has 0 aliphatic heterocycles. The molecule has 1 atom stereocenters. The predicted molar refractivity (Wildman–Crippen MR) is 289 cm³/mol. The molecule has 0 N–H and O–H groups in total. The molecule has 0 aromatic heterocycles. The monoisotopic (exact) mass is 939 g/mol. The van der Waals surface area contributed by atoms with E-state index in [2.05, 4.69) is 69.4 Å². The zero-order valence-electron chi connectivity index (χ0n) is 44.7. The molecule has 0 aliphatic carbocycles. The Morgan fingerprint density at radius 2 is 0.552 bits per heavy atom.